The Labute approximate surface area is 297 Å². The summed E-state index contributed by atoms with van der Waals surface area (Å²) in [7, 11) is 6.85. The van der Waals surface area contributed by atoms with Gasteiger partial charge in [-0.25, -0.2) is 4.79 Å². The predicted octanol–water partition coefficient (Wildman–Crippen LogP) is 3.73. The van der Waals surface area contributed by atoms with E-state index in [1.165, 1.54) is 7.11 Å². The Hall–Kier alpha value is -2.20. The van der Waals surface area contributed by atoms with Gasteiger partial charge in [0.15, 0.2) is 18.7 Å². The number of nitrogens with zero attached hydrogens (tertiary/aromatic N) is 1. The number of carbonyl (C=O) groups excluding carboxylic acids is 1. The van der Waals surface area contributed by atoms with Crippen LogP contribution in [0.5, 0.6) is 0 Å². The van der Waals surface area contributed by atoms with E-state index in [4.69, 9.17) is 33.2 Å². The smallest absolute Gasteiger partial charge is 0.338 e. The molecule has 2 heterocycles. The summed E-state index contributed by atoms with van der Waals surface area (Å²) < 4.78 is 44.0. The average Bonchev–Trinajstić information content (AvgIpc) is 3.08. The van der Waals surface area contributed by atoms with Crippen LogP contribution in [0.25, 0.3) is 0 Å². The van der Waals surface area contributed by atoms with Crippen LogP contribution in [0.2, 0.25) is 0 Å². The molecule has 0 aromatic heterocycles. The van der Waals surface area contributed by atoms with Crippen molar-refractivity contribution in [3.63, 3.8) is 0 Å². The number of ether oxygens (including phenoxy) is 7. The van der Waals surface area contributed by atoms with Gasteiger partial charge in [-0.05, 0) is 79.6 Å². The molecule has 2 aliphatic rings. The zero-order valence-electron chi connectivity index (χ0n) is 31.6. The zero-order chi connectivity index (χ0) is 37.6. The fourth-order valence-corrected chi connectivity index (χ4v) is 7.35. The van der Waals surface area contributed by atoms with Crippen molar-refractivity contribution in [2.24, 2.45) is 17.8 Å². The van der Waals surface area contributed by atoms with E-state index in [9.17, 15) is 24.9 Å². The Balaban J connectivity index is 2.09. The van der Waals surface area contributed by atoms with Crippen LogP contribution >= 0.6 is 0 Å². The van der Waals surface area contributed by atoms with Crippen LogP contribution in [-0.4, -0.2) is 134 Å². The minimum Gasteiger partial charge on any atom is -0.481 e. The van der Waals surface area contributed by atoms with Crippen LogP contribution in [0.15, 0.2) is 30.3 Å². The fraction of sp³-hybridized carbons (Fsp3) is 0.784. The maximum absolute atomic E-state index is 13.5. The van der Waals surface area contributed by atoms with Gasteiger partial charge in [0.1, 0.15) is 6.10 Å². The van der Waals surface area contributed by atoms with Gasteiger partial charge in [0, 0.05) is 33.2 Å². The summed E-state index contributed by atoms with van der Waals surface area (Å²) in [5, 5.41) is 31.2. The molecule has 13 heteroatoms. The topological polar surface area (TPSA) is 163 Å². The van der Waals surface area contributed by atoms with E-state index < -0.39 is 78.1 Å². The molecule has 14 atom stereocenters. The first-order chi connectivity index (χ1) is 23.4. The number of carbonyl (C=O) groups is 2. The molecule has 2 aliphatic heterocycles. The van der Waals surface area contributed by atoms with E-state index >= 15 is 0 Å². The number of hydrogen-bond acceptors (Lipinski definition) is 12. The maximum Gasteiger partial charge on any atom is 0.338 e. The van der Waals surface area contributed by atoms with E-state index in [1.54, 1.807) is 52.1 Å². The molecule has 0 bridgehead atoms. The minimum absolute atomic E-state index is 0.117. The van der Waals surface area contributed by atoms with Crippen molar-refractivity contribution in [1.82, 2.24) is 4.90 Å². The Kier molecular flexibility index (Phi) is 15.2. The van der Waals surface area contributed by atoms with Crippen LogP contribution in [-0.2, 0) is 38.0 Å². The van der Waals surface area contributed by atoms with E-state index in [-0.39, 0.29) is 31.1 Å². The lowest BCUT2D eigenvalue weighted by molar-refractivity contribution is -0.318. The first kappa shape index (κ1) is 42.2. The number of hydrogen-bond donors (Lipinski definition) is 3. The Morgan fingerprint density at radius 1 is 1.08 bits per heavy atom. The maximum atomic E-state index is 13.5. The number of esters is 1. The lowest BCUT2D eigenvalue weighted by Crippen LogP contribution is -2.61. The third-order valence-electron chi connectivity index (χ3n) is 10.6. The van der Waals surface area contributed by atoms with Crippen molar-refractivity contribution in [2.45, 2.75) is 134 Å². The first-order valence-electron chi connectivity index (χ1n) is 17.6. The molecule has 1 aromatic rings. The second kappa shape index (κ2) is 18.0. The molecule has 0 spiro atoms. The number of methoxy groups -OCH3 is 2. The molecule has 2 saturated heterocycles. The van der Waals surface area contributed by atoms with Crippen LogP contribution < -0.4 is 0 Å². The molecule has 50 heavy (non-hydrogen) atoms. The third kappa shape index (κ3) is 10.0. The summed E-state index contributed by atoms with van der Waals surface area (Å²) in [4.78, 5) is 28.1. The quantitative estimate of drug-likeness (QED) is 0.201. The molecule has 286 valence electrons. The molecule has 2 unspecified atom stereocenters. The van der Waals surface area contributed by atoms with Crippen molar-refractivity contribution >= 4 is 11.9 Å². The zero-order valence-corrected chi connectivity index (χ0v) is 31.6. The summed E-state index contributed by atoms with van der Waals surface area (Å²) in [6.07, 6.45) is -5.60. The first-order valence-corrected chi connectivity index (χ1v) is 17.6. The lowest BCUT2D eigenvalue weighted by atomic mass is 9.77. The highest BCUT2D eigenvalue weighted by Gasteiger charge is 2.52. The molecule has 2 fully saturated rings. The monoisotopic (exact) mass is 711 g/mol. The van der Waals surface area contributed by atoms with Gasteiger partial charge in [-0.2, -0.15) is 0 Å². The van der Waals surface area contributed by atoms with E-state index in [2.05, 4.69) is 0 Å². The van der Waals surface area contributed by atoms with Crippen LogP contribution in [0, 0.1) is 17.8 Å². The molecular formula is C37H61NO12. The largest absolute Gasteiger partial charge is 0.481 e. The standard InChI is InChI=1S/C37H61NO12/c1-21(20-39)18-37(7,45-11)32(23(3)29(24(4)33(41)42)48-28-19-36(6,44-10)31(40)25(5)47-28)50-35-30(27(38(8)9)17-22(2)46-35)49-34(43)26-15-13-12-14-16-26/h12-16,21-25,27-32,35,39-40H,17-20H2,1-11H3,(H,41,42)/t21-,22-,23+,24-,25+,27+,28?,29+,30-,31+,32-,35?,36-,37-/m1/s1. The Morgan fingerprint density at radius 3 is 2.26 bits per heavy atom. The van der Waals surface area contributed by atoms with Crippen LogP contribution in [0.3, 0.4) is 0 Å². The molecule has 3 N–H and O–H groups in total. The van der Waals surface area contributed by atoms with Crippen molar-refractivity contribution < 1.29 is 58.1 Å². The molecular weight excluding hydrogens is 650 g/mol. The summed E-state index contributed by atoms with van der Waals surface area (Å²) in [6, 6.07) is 8.40. The number of likely N-dealkylation sites (N-methyl/N-ethyl adjacent to an activating group) is 1. The summed E-state index contributed by atoms with van der Waals surface area (Å²) in [5.74, 6) is -3.57. The number of benzene rings is 1. The molecule has 0 amide bonds. The van der Waals surface area contributed by atoms with Gasteiger partial charge in [-0.3, -0.25) is 4.79 Å². The van der Waals surface area contributed by atoms with Gasteiger partial charge in [-0.15, -0.1) is 0 Å². The van der Waals surface area contributed by atoms with Gasteiger partial charge < -0.3 is 53.4 Å². The van der Waals surface area contributed by atoms with Gasteiger partial charge >= 0.3 is 11.9 Å². The third-order valence-corrected chi connectivity index (χ3v) is 10.6. The van der Waals surface area contributed by atoms with E-state index in [1.807, 2.05) is 52.8 Å². The van der Waals surface area contributed by atoms with Gasteiger partial charge in [0.25, 0.3) is 0 Å². The van der Waals surface area contributed by atoms with Gasteiger partial charge in [0.2, 0.25) is 0 Å². The minimum atomic E-state index is -1.11. The van der Waals surface area contributed by atoms with Crippen molar-refractivity contribution in [3.05, 3.63) is 35.9 Å². The van der Waals surface area contributed by atoms with E-state index in [0.717, 1.165) is 0 Å². The van der Waals surface area contributed by atoms with Gasteiger partial charge in [-0.1, -0.05) is 32.0 Å². The van der Waals surface area contributed by atoms with Crippen molar-refractivity contribution in [1.29, 1.82) is 0 Å². The number of carboxylic acids is 1. The lowest BCUT2D eigenvalue weighted by Gasteiger charge is -2.49. The number of aliphatic carboxylic acids is 1. The van der Waals surface area contributed by atoms with Crippen LogP contribution in [0.1, 0.15) is 78.1 Å². The summed E-state index contributed by atoms with van der Waals surface area (Å²) >= 11 is 0. The Bertz CT molecular complexity index is 1220. The predicted molar refractivity (Wildman–Crippen MR) is 184 cm³/mol. The average molecular weight is 712 g/mol. The van der Waals surface area contributed by atoms with Crippen LogP contribution in [0.4, 0.5) is 0 Å². The van der Waals surface area contributed by atoms with Crippen molar-refractivity contribution in [3.8, 4) is 0 Å². The summed E-state index contributed by atoms with van der Waals surface area (Å²) in [6.45, 7) is 12.4. The second-order valence-electron chi connectivity index (χ2n) is 14.9. The molecule has 13 nitrogen and oxygen atoms in total. The second-order valence-corrected chi connectivity index (χ2v) is 14.9. The number of aliphatic hydroxyl groups excluding tert-OH is 2. The molecule has 0 radical (unpaired) electrons. The number of rotatable bonds is 17. The number of carboxylic acid groups (broad SMARTS) is 1. The number of aliphatic hydroxyl groups is 2. The highest BCUT2D eigenvalue weighted by molar-refractivity contribution is 5.89. The SMILES string of the molecule is CO[C@](C)(C[C@@H](C)CO)[C@H](OC1O[C@H](C)C[C@H](N(C)C)[C@H]1OC(=O)c1ccccc1)[C@@H](C)[C@H](OC1C[C@@](C)(OC)[C@@H](O)[C@H](C)O1)[C@@H](C)C(=O)O. The normalized spacial score (nSPS) is 33.1. The molecule has 3 rings (SSSR count). The molecule has 0 aliphatic carbocycles. The van der Waals surface area contributed by atoms with Crippen molar-refractivity contribution in [2.75, 3.05) is 34.9 Å². The highest BCUT2D eigenvalue weighted by Crippen LogP contribution is 2.40. The highest BCUT2D eigenvalue weighted by atomic mass is 16.7. The van der Waals surface area contributed by atoms with E-state index in [0.29, 0.717) is 18.4 Å². The molecule has 0 saturated carbocycles. The van der Waals surface area contributed by atoms with Gasteiger partial charge in [0.05, 0.1) is 53.1 Å². The fourth-order valence-electron chi connectivity index (χ4n) is 7.35. The Morgan fingerprint density at radius 2 is 1.72 bits per heavy atom. The summed E-state index contributed by atoms with van der Waals surface area (Å²) in [5.41, 5.74) is -1.73. The molecule has 1 aromatic carbocycles.